The molecule has 0 rings (SSSR count). The van der Waals surface area contributed by atoms with E-state index in [9.17, 15) is 22.8 Å². The number of halogens is 3. The van der Waals surface area contributed by atoms with E-state index >= 15 is 0 Å². The van der Waals surface area contributed by atoms with Crippen molar-refractivity contribution in [3.8, 4) is 0 Å². The van der Waals surface area contributed by atoms with Crippen molar-refractivity contribution in [2.45, 2.75) is 52.3 Å². The molecule has 124 valence electrons. The molecule has 8 heteroatoms. The van der Waals surface area contributed by atoms with Gasteiger partial charge < -0.3 is 14.9 Å². The summed E-state index contributed by atoms with van der Waals surface area (Å²) in [7, 11) is 0. The van der Waals surface area contributed by atoms with Crippen molar-refractivity contribution >= 4 is 12.0 Å². The molecule has 0 heterocycles. The first-order valence-electron chi connectivity index (χ1n) is 6.96. The Bertz CT molecular complexity index is 348. The number of unbranched alkanes of at least 4 members (excludes halogenated alkanes) is 1. The van der Waals surface area contributed by atoms with E-state index in [4.69, 9.17) is 5.11 Å². The molecule has 5 nitrogen and oxygen atoms in total. The Morgan fingerprint density at radius 2 is 1.81 bits per heavy atom. The van der Waals surface area contributed by atoms with Gasteiger partial charge >= 0.3 is 18.2 Å². The molecule has 0 bridgehead atoms. The lowest BCUT2D eigenvalue weighted by Gasteiger charge is -2.34. The quantitative estimate of drug-likeness (QED) is 0.749. The van der Waals surface area contributed by atoms with Gasteiger partial charge in [-0.1, -0.05) is 20.3 Å². The highest BCUT2D eigenvalue weighted by atomic mass is 19.4. The van der Waals surface area contributed by atoms with Gasteiger partial charge in [-0.05, 0) is 19.8 Å². The van der Waals surface area contributed by atoms with E-state index in [1.807, 2.05) is 13.8 Å². The van der Waals surface area contributed by atoms with Gasteiger partial charge in [0, 0.05) is 12.6 Å². The van der Waals surface area contributed by atoms with Gasteiger partial charge in [0.05, 0.1) is 0 Å². The van der Waals surface area contributed by atoms with Crippen molar-refractivity contribution in [1.82, 2.24) is 9.80 Å². The summed E-state index contributed by atoms with van der Waals surface area (Å²) in [4.78, 5) is 24.6. The maximum Gasteiger partial charge on any atom is 0.406 e. The smallest absolute Gasteiger partial charge is 0.406 e. The van der Waals surface area contributed by atoms with Gasteiger partial charge in [-0.15, -0.1) is 0 Å². The highest BCUT2D eigenvalue weighted by Crippen LogP contribution is 2.19. The Balaban J connectivity index is 5.12. The Morgan fingerprint density at radius 1 is 1.24 bits per heavy atom. The van der Waals surface area contributed by atoms with Crippen LogP contribution in [0.1, 0.15) is 40.0 Å². The number of nitrogens with zero attached hydrogens (tertiary/aromatic N) is 2. The second-order valence-corrected chi connectivity index (χ2v) is 4.95. The Hall–Kier alpha value is -1.47. The Morgan fingerprint density at radius 3 is 2.19 bits per heavy atom. The van der Waals surface area contributed by atoms with Crippen LogP contribution in [0.25, 0.3) is 0 Å². The van der Waals surface area contributed by atoms with Crippen LogP contribution in [0.3, 0.4) is 0 Å². The summed E-state index contributed by atoms with van der Waals surface area (Å²) in [6.07, 6.45) is -2.60. The third kappa shape index (κ3) is 7.77. The second-order valence-electron chi connectivity index (χ2n) is 4.95. The van der Waals surface area contributed by atoms with Crippen molar-refractivity contribution < 1.29 is 27.9 Å². The molecule has 21 heavy (non-hydrogen) atoms. The van der Waals surface area contributed by atoms with Gasteiger partial charge in [-0.25, -0.2) is 4.79 Å². The van der Waals surface area contributed by atoms with E-state index in [1.165, 1.54) is 4.90 Å². The maximum atomic E-state index is 12.5. The number of carboxylic acids is 1. The van der Waals surface area contributed by atoms with Crippen LogP contribution >= 0.6 is 0 Å². The highest BCUT2D eigenvalue weighted by Gasteiger charge is 2.36. The topological polar surface area (TPSA) is 60.9 Å². The summed E-state index contributed by atoms with van der Waals surface area (Å²) < 4.78 is 37.5. The third-order valence-electron chi connectivity index (χ3n) is 3.09. The number of hydrogen-bond acceptors (Lipinski definition) is 2. The minimum Gasteiger partial charge on any atom is -0.480 e. The van der Waals surface area contributed by atoms with Gasteiger partial charge in [-0.2, -0.15) is 13.2 Å². The van der Waals surface area contributed by atoms with E-state index < -0.39 is 31.3 Å². The molecule has 0 fully saturated rings. The first kappa shape index (κ1) is 19.5. The molecule has 1 N–H and O–H groups in total. The van der Waals surface area contributed by atoms with Crippen LogP contribution in [-0.4, -0.2) is 58.8 Å². The van der Waals surface area contributed by atoms with E-state index in [0.717, 1.165) is 6.42 Å². The maximum absolute atomic E-state index is 12.5. The number of carbonyl (C=O) groups excluding carboxylic acids is 1. The molecule has 0 aliphatic rings. The van der Waals surface area contributed by atoms with Crippen molar-refractivity contribution in [2.24, 2.45) is 0 Å². The van der Waals surface area contributed by atoms with Crippen molar-refractivity contribution in [1.29, 1.82) is 0 Å². The fraction of sp³-hybridized carbons (Fsp3) is 0.846. The van der Waals surface area contributed by atoms with Gasteiger partial charge in [0.2, 0.25) is 0 Å². The van der Waals surface area contributed by atoms with Crippen LogP contribution in [-0.2, 0) is 4.79 Å². The summed E-state index contributed by atoms with van der Waals surface area (Å²) >= 11 is 0. The monoisotopic (exact) mass is 312 g/mol. The minimum absolute atomic E-state index is 0.242. The summed E-state index contributed by atoms with van der Waals surface area (Å²) in [6.45, 7) is 3.26. The Kier molecular flexibility index (Phi) is 8.12. The standard InChI is InChI=1S/C13H23F3N2O3/c1-4-6-7-18(10(3)5-2)12(21)17(8-11(19)20)9-13(14,15)16/h10H,4-9H2,1-3H3,(H,19,20). The van der Waals surface area contributed by atoms with Crippen molar-refractivity contribution in [3.63, 3.8) is 0 Å². The molecule has 0 aromatic carbocycles. The third-order valence-corrected chi connectivity index (χ3v) is 3.09. The highest BCUT2D eigenvalue weighted by molar-refractivity contribution is 5.80. The molecule has 0 aromatic heterocycles. The SMILES string of the molecule is CCCCN(C(=O)N(CC(=O)O)CC(F)(F)F)C(C)CC. The zero-order valence-electron chi connectivity index (χ0n) is 12.6. The molecule has 1 atom stereocenters. The van der Waals surface area contributed by atoms with Crippen LogP contribution in [0.4, 0.5) is 18.0 Å². The number of alkyl halides is 3. The van der Waals surface area contributed by atoms with E-state index in [1.54, 1.807) is 6.92 Å². The molecule has 1 unspecified atom stereocenters. The summed E-state index contributed by atoms with van der Waals surface area (Å²) in [5.74, 6) is -1.47. The lowest BCUT2D eigenvalue weighted by atomic mass is 10.2. The fourth-order valence-corrected chi connectivity index (χ4v) is 1.81. The minimum atomic E-state index is -4.63. The number of amides is 2. The number of hydrogen-bond donors (Lipinski definition) is 1. The lowest BCUT2D eigenvalue weighted by molar-refractivity contribution is -0.150. The summed E-state index contributed by atoms with van der Waals surface area (Å²) in [6, 6.07) is -1.12. The summed E-state index contributed by atoms with van der Waals surface area (Å²) in [5.41, 5.74) is 0. The average Bonchev–Trinajstić information content (AvgIpc) is 2.35. The average molecular weight is 312 g/mol. The van der Waals surface area contributed by atoms with Crippen LogP contribution < -0.4 is 0 Å². The van der Waals surface area contributed by atoms with Crippen LogP contribution in [0.15, 0.2) is 0 Å². The molecule has 0 saturated heterocycles. The van der Waals surface area contributed by atoms with Crippen molar-refractivity contribution in [3.05, 3.63) is 0 Å². The lowest BCUT2D eigenvalue weighted by Crippen LogP contribution is -2.51. The zero-order chi connectivity index (χ0) is 16.6. The van der Waals surface area contributed by atoms with E-state index in [2.05, 4.69) is 0 Å². The fourth-order valence-electron chi connectivity index (χ4n) is 1.81. The Labute approximate surface area is 122 Å². The molecule has 0 saturated carbocycles. The predicted molar refractivity (Wildman–Crippen MR) is 72.0 cm³/mol. The molecule has 0 spiro atoms. The molecular formula is C13H23F3N2O3. The molecule has 0 aromatic rings. The van der Waals surface area contributed by atoms with Gasteiger partial charge in [0.1, 0.15) is 13.1 Å². The molecule has 0 radical (unpaired) electrons. The number of urea groups is 1. The van der Waals surface area contributed by atoms with Crippen LogP contribution in [0.2, 0.25) is 0 Å². The van der Waals surface area contributed by atoms with Crippen LogP contribution in [0, 0.1) is 0 Å². The zero-order valence-corrected chi connectivity index (χ0v) is 12.6. The largest absolute Gasteiger partial charge is 0.480 e. The number of carbonyl (C=O) groups is 2. The number of aliphatic carboxylic acids is 1. The number of carboxylic acid groups (broad SMARTS) is 1. The van der Waals surface area contributed by atoms with E-state index in [0.29, 0.717) is 24.3 Å². The summed E-state index contributed by atoms with van der Waals surface area (Å²) in [5, 5.41) is 8.70. The van der Waals surface area contributed by atoms with Gasteiger partial charge in [0.25, 0.3) is 0 Å². The molecule has 0 aliphatic heterocycles. The molecule has 2 amide bonds. The molecule has 0 aliphatic carbocycles. The first-order chi connectivity index (χ1) is 9.62. The van der Waals surface area contributed by atoms with Crippen molar-refractivity contribution in [2.75, 3.05) is 19.6 Å². The van der Waals surface area contributed by atoms with E-state index in [-0.39, 0.29) is 6.04 Å². The normalized spacial score (nSPS) is 12.9. The predicted octanol–water partition coefficient (Wildman–Crippen LogP) is 2.96. The number of rotatable bonds is 8. The second kappa shape index (κ2) is 8.74. The van der Waals surface area contributed by atoms with Gasteiger partial charge in [0.15, 0.2) is 0 Å². The van der Waals surface area contributed by atoms with Gasteiger partial charge in [-0.3, -0.25) is 4.79 Å². The first-order valence-corrected chi connectivity index (χ1v) is 6.96. The van der Waals surface area contributed by atoms with Crippen LogP contribution in [0.5, 0.6) is 0 Å². The molecular weight excluding hydrogens is 289 g/mol.